The molecule has 3 amide bonds. The highest BCUT2D eigenvalue weighted by Gasteiger charge is 2.40. The maximum Gasteiger partial charge on any atom is 0.262 e. The van der Waals surface area contributed by atoms with Gasteiger partial charge in [-0.25, -0.2) is 0 Å². The van der Waals surface area contributed by atoms with Gasteiger partial charge in [0.15, 0.2) is 0 Å². The molecular formula is C23H31N3O3. The monoisotopic (exact) mass is 397 g/mol. The number of likely N-dealkylation sites (tertiary alicyclic amines) is 1. The lowest BCUT2D eigenvalue weighted by molar-refractivity contribution is -0.122. The summed E-state index contributed by atoms with van der Waals surface area (Å²) in [4.78, 5) is 41.6. The first-order valence-electron chi connectivity index (χ1n) is 11.0. The van der Waals surface area contributed by atoms with Crippen LogP contribution in [0.3, 0.4) is 0 Å². The van der Waals surface area contributed by atoms with Gasteiger partial charge in [0.1, 0.15) is 6.54 Å². The van der Waals surface area contributed by atoms with E-state index in [9.17, 15) is 14.4 Å². The standard InChI is InChI=1S/C23H31N3O3/c1-17-8-9-18-19(14-17)22(29)26(21(18)28)15-20(27)24-16-23(10-4-2-5-11-23)25-12-6-3-7-13-25/h8-9,14H,2-7,10-13,15-16H2,1H3,(H,24,27). The number of carbonyl (C=O) groups is 3. The molecule has 4 rings (SSSR count). The van der Waals surface area contributed by atoms with Gasteiger partial charge in [-0.15, -0.1) is 0 Å². The van der Waals surface area contributed by atoms with E-state index in [1.54, 1.807) is 12.1 Å². The predicted octanol–water partition coefficient (Wildman–Crippen LogP) is 2.90. The molecule has 0 aromatic heterocycles. The first-order chi connectivity index (χ1) is 14.0. The molecule has 2 aliphatic heterocycles. The summed E-state index contributed by atoms with van der Waals surface area (Å²) in [5.41, 5.74) is 1.76. The minimum atomic E-state index is -0.372. The summed E-state index contributed by atoms with van der Waals surface area (Å²) >= 11 is 0. The number of hydrogen-bond donors (Lipinski definition) is 1. The largest absolute Gasteiger partial charge is 0.353 e. The van der Waals surface area contributed by atoms with Crippen molar-refractivity contribution in [1.29, 1.82) is 0 Å². The quantitative estimate of drug-likeness (QED) is 0.776. The Morgan fingerprint density at radius 1 is 0.966 bits per heavy atom. The minimum absolute atomic E-state index is 0.0352. The summed E-state index contributed by atoms with van der Waals surface area (Å²) in [7, 11) is 0. The van der Waals surface area contributed by atoms with E-state index in [4.69, 9.17) is 0 Å². The average molecular weight is 398 g/mol. The number of benzene rings is 1. The van der Waals surface area contributed by atoms with E-state index >= 15 is 0 Å². The topological polar surface area (TPSA) is 69.7 Å². The zero-order chi connectivity index (χ0) is 20.4. The van der Waals surface area contributed by atoms with Crippen LogP contribution < -0.4 is 5.32 Å². The number of amides is 3. The number of piperidine rings is 1. The van der Waals surface area contributed by atoms with E-state index < -0.39 is 0 Å². The van der Waals surface area contributed by atoms with Gasteiger partial charge < -0.3 is 5.32 Å². The fourth-order valence-corrected chi connectivity index (χ4v) is 5.19. The summed E-state index contributed by atoms with van der Waals surface area (Å²) in [6.45, 7) is 4.49. The van der Waals surface area contributed by atoms with Gasteiger partial charge in [0, 0.05) is 12.1 Å². The lowest BCUT2D eigenvalue weighted by atomic mass is 9.79. The first-order valence-corrected chi connectivity index (χ1v) is 11.0. The highest BCUT2D eigenvalue weighted by atomic mass is 16.2. The molecule has 29 heavy (non-hydrogen) atoms. The summed E-state index contributed by atoms with van der Waals surface area (Å²) in [6.07, 6.45) is 9.62. The lowest BCUT2D eigenvalue weighted by Crippen LogP contribution is -2.58. The molecule has 156 valence electrons. The highest BCUT2D eigenvalue weighted by molar-refractivity contribution is 6.22. The van der Waals surface area contributed by atoms with Crippen molar-refractivity contribution in [2.45, 2.75) is 63.8 Å². The Balaban J connectivity index is 1.40. The van der Waals surface area contributed by atoms with E-state index in [1.807, 2.05) is 13.0 Å². The second-order valence-electron chi connectivity index (χ2n) is 8.85. The number of aryl methyl sites for hydroxylation is 1. The van der Waals surface area contributed by atoms with Crippen molar-refractivity contribution in [3.63, 3.8) is 0 Å². The molecule has 0 bridgehead atoms. The molecule has 0 radical (unpaired) electrons. The molecule has 0 atom stereocenters. The van der Waals surface area contributed by atoms with Crippen LogP contribution >= 0.6 is 0 Å². The van der Waals surface area contributed by atoms with Gasteiger partial charge in [-0.1, -0.05) is 37.3 Å². The Kier molecular flexibility index (Phi) is 5.72. The maximum atomic E-state index is 12.7. The van der Waals surface area contributed by atoms with Crippen LogP contribution in [0.15, 0.2) is 18.2 Å². The van der Waals surface area contributed by atoms with Crippen LogP contribution in [0.4, 0.5) is 0 Å². The molecular weight excluding hydrogens is 366 g/mol. The van der Waals surface area contributed by atoms with Gasteiger partial charge in [0.25, 0.3) is 11.8 Å². The van der Waals surface area contributed by atoms with Crippen LogP contribution in [0.25, 0.3) is 0 Å². The third-order valence-corrected chi connectivity index (χ3v) is 6.85. The Bertz CT molecular complexity index is 808. The van der Waals surface area contributed by atoms with Crippen LogP contribution in [0.2, 0.25) is 0 Å². The summed E-state index contributed by atoms with van der Waals surface area (Å²) in [6, 6.07) is 5.22. The molecule has 2 fully saturated rings. The molecule has 6 nitrogen and oxygen atoms in total. The normalized spacial score (nSPS) is 21.9. The van der Waals surface area contributed by atoms with Gasteiger partial charge in [-0.05, 0) is 57.8 Å². The van der Waals surface area contributed by atoms with Gasteiger partial charge in [-0.3, -0.25) is 24.2 Å². The molecule has 0 spiro atoms. The first kappa shape index (κ1) is 20.1. The fraction of sp³-hybridized carbons (Fsp3) is 0.609. The van der Waals surface area contributed by atoms with Crippen molar-refractivity contribution < 1.29 is 14.4 Å². The molecule has 1 aromatic rings. The van der Waals surface area contributed by atoms with Crippen molar-refractivity contribution in [3.8, 4) is 0 Å². The minimum Gasteiger partial charge on any atom is -0.353 e. The van der Waals surface area contributed by atoms with Crippen LogP contribution in [0.1, 0.15) is 77.6 Å². The number of fused-ring (bicyclic) bond motifs is 1. The van der Waals surface area contributed by atoms with Crippen molar-refractivity contribution in [3.05, 3.63) is 34.9 Å². The SMILES string of the molecule is Cc1ccc2c(c1)C(=O)N(CC(=O)NCC1(N3CCCCC3)CCCCC1)C2=O. The molecule has 2 heterocycles. The number of nitrogens with zero attached hydrogens (tertiary/aromatic N) is 2. The predicted molar refractivity (Wildman–Crippen MR) is 111 cm³/mol. The zero-order valence-electron chi connectivity index (χ0n) is 17.3. The van der Waals surface area contributed by atoms with E-state index in [-0.39, 0.29) is 29.8 Å². The van der Waals surface area contributed by atoms with Gasteiger partial charge >= 0.3 is 0 Å². The second-order valence-corrected chi connectivity index (χ2v) is 8.85. The smallest absolute Gasteiger partial charge is 0.262 e. The summed E-state index contributed by atoms with van der Waals surface area (Å²) < 4.78 is 0. The van der Waals surface area contributed by atoms with Gasteiger partial charge in [0.2, 0.25) is 5.91 Å². The van der Waals surface area contributed by atoms with E-state index in [2.05, 4.69) is 10.2 Å². The third kappa shape index (κ3) is 3.95. The van der Waals surface area contributed by atoms with Crippen molar-refractivity contribution in [1.82, 2.24) is 15.1 Å². The van der Waals surface area contributed by atoms with Crippen molar-refractivity contribution in [2.24, 2.45) is 0 Å². The van der Waals surface area contributed by atoms with Crippen molar-refractivity contribution >= 4 is 17.7 Å². The van der Waals surface area contributed by atoms with Gasteiger partial charge in [-0.2, -0.15) is 0 Å². The Morgan fingerprint density at radius 3 is 2.34 bits per heavy atom. The molecule has 1 N–H and O–H groups in total. The molecule has 3 aliphatic rings. The molecule has 1 aliphatic carbocycles. The fourth-order valence-electron chi connectivity index (χ4n) is 5.19. The molecule has 1 saturated heterocycles. The molecule has 6 heteroatoms. The van der Waals surface area contributed by atoms with E-state index in [0.29, 0.717) is 17.7 Å². The Hall–Kier alpha value is -2.21. The van der Waals surface area contributed by atoms with Crippen molar-refractivity contribution in [2.75, 3.05) is 26.2 Å². The summed E-state index contributed by atoms with van der Waals surface area (Å²) in [5, 5.41) is 3.07. The molecule has 1 saturated carbocycles. The van der Waals surface area contributed by atoms with Crippen LogP contribution in [0.5, 0.6) is 0 Å². The Labute approximate surface area is 172 Å². The maximum absolute atomic E-state index is 12.7. The lowest BCUT2D eigenvalue weighted by Gasteiger charge is -2.48. The number of imide groups is 1. The third-order valence-electron chi connectivity index (χ3n) is 6.85. The van der Waals surface area contributed by atoms with Crippen LogP contribution in [-0.4, -0.2) is 59.2 Å². The van der Waals surface area contributed by atoms with E-state index in [0.717, 1.165) is 36.4 Å². The number of hydrogen-bond acceptors (Lipinski definition) is 4. The average Bonchev–Trinajstić information content (AvgIpc) is 2.98. The Morgan fingerprint density at radius 2 is 1.62 bits per heavy atom. The molecule has 0 unspecified atom stereocenters. The zero-order valence-corrected chi connectivity index (χ0v) is 17.3. The van der Waals surface area contributed by atoms with Crippen LogP contribution in [0, 0.1) is 6.92 Å². The summed E-state index contributed by atoms with van der Waals surface area (Å²) in [5.74, 6) is -0.992. The van der Waals surface area contributed by atoms with Gasteiger partial charge in [0.05, 0.1) is 11.1 Å². The highest BCUT2D eigenvalue weighted by Crippen LogP contribution is 2.35. The second kappa shape index (κ2) is 8.27. The van der Waals surface area contributed by atoms with Crippen LogP contribution in [-0.2, 0) is 4.79 Å². The number of carbonyl (C=O) groups excluding carboxylic acids is 3. The number of nitrogens with one attached hydrogen (secondary N) is 1. The van der Waals surface area contributed by atoms with E-state index in [1.165, 1.54) is 38.5 Å². The molecule has 1 aromatic carbocycles. The number of rotatable bonds is 5.